The van der Waals surface area contributed by atoms with Gasteiger partial charge in [-0.15, -0.1) is 0 Å². The maximum atomic E-state index is 11.3. The molecule has 0 atom stereocenters. The molecule has 0 aromatic rings. The van der Waals surface area contributed by atoms with Crippen molar-refractivity contribution in [2.45, 2.75) is 31.8 Å². The van der Waals surface area contributed by atoms with Gasteiger partial charge in [-0.05, 0) is 12.8 Å². The Balaban J connectivity index is 2.04. The smallest absolute Gasteiger partial charge is 0.309 e. The molecule has 0 heterocycles. The molecule has 4 N–H and O–H groups in total. The number of carbonyl (C=O) groups excluding carboxylic acids is 2. The number of carbonyl (C=O) groups is 2. The van der Waals surface area contributed by atoms with Crippen LogP contribution in [-0.4, -0.2) is 42.6 Å². The van der Waals surface area contributed by atoms with E-state index in [9.17, 15) is 9.59 Å². The Morgan fingerprint density at radius 2 is 1.83 bits per heavy atom. The summed E-state index contributed by atoms with van der Waals surface area (Å²) in [7, 11) is 0. The van der Waals surface area contributed by atoms with Gasteiger partial charge in [-0.2, -0.15) is 0 Å². The summed E-state index contributed by atoms with van der Waals surface area (Å²) in [6.45, 7) is 0.787. The zero-order valence-electron chi connectivity index (χ0n) is 10.2. The van der Waals surface area contributed by atoms with Gasteiger partial charge in [0.05, 0.1) is 24.2 Å². The maximum Gasteiger partial charge on any atom is 0.309 e. The molecule has 1 aliphatic carbocycles. The fourth-order valence-corrected chi connectivity index (χ4v) is 1.85. The Morgan fingerprint density at radius 3 is 2.44 bits per heavy atom. The quantitative estimate of drug-likeness (QED) is 0.343. The average Bonchev–Trinajstić information content (AvgIpc) is 2.84. The maximum absolute atomic E-state index is 11.3. The van der Waals surface area contributed by atoms with Crippen LogP contribution < -0.4 is 16.4 Å². The van der Waals surface area contributed by atoms with Crippen molar-refractivity contribution in [1.29, 1.82) is 0 Å². The van der Waals surface area contributed by atoms with Crippen molar-refractivity contribution in [2.75, 3.05) is 19.7 Å². The van der Waals surface area contributed by atoms with E-state index in [2.05, 4.69) is 22.9 Å². The molecular formula is C11H19N3O3S. The van der Waals surface area contributed by atoms with E-state index in [4.69, 9.17) is 10.5 Å². The summed E-state index contributed by atoms with van der Waals surface area (Å²) in [4.78, 5) is 22.6. The van der Waals surface area contributed by atoms with Crippen LogP contribution in [0, 0.1) is 0 Å². The van der Waals surface area contributed by atoms with E-state index >= 15 is 0 Å². The normalized spacial score (nSPS) is 15.3. The summed E-state index contributed by atoms with van der Waals surface area (Å²) in [5, 5.41) is 4.78. The van der Waals surface area contributed by atoms with Gasteiger partial charge in [0.25, 0.3) is 0 Å². The number of hydrogen-bond acceptors (Lipinski definition) is 4. The highest BCUT2D eigenvalue weighted by Gasteiger charge is 2.16. The van der Waals surface area contributed by atoms with E-state index < -0.39 is 11.8 Å². The predicted molar refractivity (Wildman–Crippen MR) is 71.0 cm³/mol. The van der Waals surface area contributed by atoms with Crippen LogP contribution in [0.25, 0.3) is 0 Å². The lowest BCUT2D eigenvalue weighted by molar-refractivity contribution is -0.139. The number of nitrogens with one attached hydrogen (secondary N) is 2. The minimum atomic E-state index is -0.733. The first kappa shape index (κ1) is 14.8. The minimum absolute atomic E-state index is 0.0279. The van der Waals surface area contributed by atoms with Gasteiger partial charge in [-0.25, -0.2) is 0 Å². The van der Waals surface area contributed by atoms with Crippen LogP contribution in [0.15, 0.2) is 0 Å². The molecule has 1 saturated carbocycles. The lowest BCUT2D eigenvalue weighted by atomic mass is 10.3. The molecule has 0 saturated heterocycles. The number of nitrogens with two attached hydrogens (primary N) is 1. The van der Waals surface area contributed by atoms with Crippen LogP contribution in [0.3, 0.4) is 0 Å². The van der Waals surface area contributed by atoms with E-state index in [0.717, 1.165) is 12.8 Å². The second-order valence-corrected chi connectivity index (χ2v) is 4.71. The third kappa shape index (κ3) is 5.92. The van der Waals surface area contributed by atoms with Gasteiger partial charge in [0.15, 0.2) is 0 Å². The lowest BCUT2D eigenvalue weighted by Gasteiger charge is -2.11. The van der Waals surface area contributed by atoms with E-state index in [1.54, 1.807) is 0 Å². The average molecular weight is 273 g/mol. The fraction of sp³-hybridized carbons (Fsp3) is 0.727. The summed E-state index contributed by atoms with van der Waals surface area (Å²) in [5.74, 6) is -1.43. The van der Waals surface area contributed by atoms with E-state index in [-0.39, 0.29) is 11.5 Å². The molecule has 0 aromatic heterocycles. The molecule has 0 aromatic carbocycles. The second-order valence-electron chi connectivity index (χ2n) is 4.18. The summed E-state index contributed by atoms with van der Waals surface area (Å²) in [5.41, 5.74) is 5.20. The summed E-state index contributed by atoms with van der Waals surface area (Å²) in [6.07, 6.45) is 4.90. The summed E-state index contributed by atoms with van der Waals surface area (Å²) >= 11 is 4.58. The Hall–Kier alpha value is -1.21. The van der Waals surface area contributed by atoms with Crippen molar-refractivity contribution < 1.29 is 14.3 Å². The molecule has 1 fully saturated rings. The van der Waals surface area contributed by atoms with Crippen molar-refractivity contribution in [1.82, 2.24) is 10.6 Å². The van der Waals surface area contributed by atoms with Crippen LogP contribution in [0.4, 0.5) is 0 Å². The molecule has 0 spiro atoms. The highest BCUT2D eigenvalue weighted by Crippen LogP contribution is 2.20. The first-order chi connectivity index (χ1) is 8.59. The SMILES string of the molecule is NC(=S)CNC(=O)C(=O)NCCOC1CCCC1. The molecule has 1 aliphatic rings. The first-order valence-corrected chi connectivity index (χ1v) is 6.46. The van der Waals surface area contributed by atoms with Crippen molar-refractivity contribution in [2.24, 2.45) is 5.73 Å². The topological polar surface area (TPSA) is 93.5 Å². The molecule has 2 amide bonds. The number of rotatable bonds is 6. The summed E-state index contributed by atoms with van der Waals surface area (Å²) in [6, 6.07) is 0. The minimum Gasteiger partial charge on any atom is -0.392 e. The van der Waals surface area contributed by atoms with Crippen LogP contribution in [0.5, 0.6) is 0 Å². The number of amides is 2. The lowest BCUT2D eigenvalue weighted by Crippen LogP contribution is -2.43. The molecule has 1 rings (SSSR count). The zero-order chi connectivity index (χ0) is 13.4. The monoisotopic (exact) mass is 273 g/mol. The standard InChI is InChI=1S/C11H19N3O3S/c12-9(18)7-14-11(16)10(15)13-5-6-17-8-3-1-2-4-8/h8H,1-7H2,(H2,12,18)(H,13,15)(H,14,16). The van der Waals surface area contributed by atoms with Crippen molar-refractivity contribution in [3.05, 3.63) is 0 Å². The molecule has 6 nitrogen and oxygen atoms in total. The van der Waals surface area contributed by atoms with Gasteiger partial charge in [-0.1, -0.05) is 25.1 Å². The van der Waals surface area contributed by atoms with Crippen molar-refractivity contribution in [3.63, 3.8) is 0 Å². The Morgan fingerprint density at radius 1 is 1.22 bits per heavy atom. The molecule has 7 heteroatoms. The van der Waals surface area contributed by atoms with Gasteiger partial charge in [0.1, 0.15) is 0 Å². The molecule has 0 radical (unpaired) electrons. The van der Waals surface area contributed by atoms with E-state index in [1.807, 2.05) is 0 Å². The van der Waals surface area contributed by atoms with Crippen LogP contribution in [0.2, 0.25) is 0 Å². The van der Waals surface area contributed by atoms with E-state index in [1.165, 1.54) is 12.8 Å². The van der Waals surface area contributed by atoms with Gasteiger partial charge >= 0.3 is 11.8 Å². The van der Waals surface area contributed by atoms with Crippen LogP contribution >= 0.6 is 12.2 Å². The molecule has 0 bridgehead atoms. The largest absolute Gasteiger partial charge is 0.392 e. The van der Waals surface area contributed by atoms with Gasteiger partial charge in [0.2, 0.25) is 0 Å². The molecule has 0 aliphatic heterocycles. The third-order valence-corrected chi connectivity index (χ3v) is 2.82. The third-order valence-electron chi connectivity index (χ3n) is 2.67. The van der Waals surface area contributed by atoms with Gasteiger partial charge in [0, 0.05) is 6.54 Å². The fourth-order valence-electron chi connectivity index (χ4n) is 1.77. The number of thiocarbonyl (C=S) groups is 1. The van der Waals surface area contributed by atoms with Gasteiger partial charge < -0.3 is 21.1 Å². The molecule has 0 unspecified atom stereocenters. The van der Waals surface area contributed by atoms with Crippen LogP contribution in [-0.2, 0) is 14.3 Å². The van der Waals surface area contributed by atoms with Gasteiger partial charge in [-0.3, -0.25) is 9.59 Å². The molecule has 18 heavy (non-hydrogen) atoms. The van der Waals surface area contributed by atoms with Crippen LogP contribution in [0.1, 0.15) is 25.7 Å². The molecular weight excluding hydrogens is 254 g/mol. The Labute approximate surface area is 112 Å². The highest BCUT2D eigenvalue weighted by molar-refractivity contribution is 7.80. The van der Waals surface area contributed by atoms with Crippen molar-refractivity contribution in [3.8, 4) is 0 Å². The Kier molecular flexibility index (Phi) is 6.59. The van der Waals surface area contributed by atoms with Crippen molar-refractivity contribution >= 4 is 29.0 Å². The first-order valence-electron chi connectivity index (χ1n) is 6.05. The molecule has 102 valence electrons. The second kappa shape index (κ2) is 7.99. The number of ether oxygens (including phenoxy) is 1. The predicted octanol–water partition coefficient (Wildman–Crippen LogP) is -0.536. The zero-order valence-corrected chi connectivity index (χ0v) is 11.1. The highest BCUT2D eigenvalue weighted by atomic mass is 32.1. The summed E-state index contributed by atoms with van der Waals surface area (Å²) < 4.78 is 5.54. The number of hydrogen-bond donors (Lipinski definition) is 3. The Bertz CT molecular complexity index is 317. The van der Waals surface area contributed by atoms with E-state index in [0.29, 0.717) is 19.3 Å².